The fourth-order valence-electron chi connectivity index (χ4n) is 1.45. The molecule has 1 rings (SSSR count). The highest BCUT2D eigenvalue weighted by atomic mass is 16.6. The van der Waals surface area contributed by atoms with Gasteiger partial charge in [0.25, 0.3) is 5.69 Å². The van der Waals surface area contributed by atoms with Crippen molar-refractivity contribution in [1.29, 1.82) is 0 Å². The van der Waals surface area contributed by atoms with E-state index in [0.29, 0.717) is 11.1 Å². The van der Waals surface area contributed by atoms with Crippen molar-refractivity contribution in [2.45, 2.75) is 19.4 Å². The summed E-state index contributed by atoms with van der Waals surface area (Å²) < 4.78 is 0. The zero-order chi connectivity index (χ0) is 12.3. The molecule has 16 heavy (non-hydrogen) atoms. The number of nitrogen functional groups attached to an aromatic ring is 1. The van der Waals surface area contributed by atoms with Crippen LogP contribution in [0.2, 0.25) is 0 Å². The lowest BCUT2D eigenvalue weighted by molar-refractivity contribution is -0.384. The Morgan fingerprint density at radius 1 is 1.56 bits per heavy atom. The van der Waals surface area contributed by atoms with E-state index in [2.05, 4.69) is 0 Å². The third-order valence-electron chi connectivity index (χ3n) is 2.37. The van der Waals surface area contributed by atoms with Crippen molar-refractivity contribution in [1.82, 2.24) is 0 Å². The molecule has 1 unspecified atom stereocenters. The number of nitrogens with two attached hydrogens (primary N) is 1. The van der Waals surface area contributed by atoms with Gasteiger partial charge in [0.15, 0.2) is 0 Å². The van der Waals surface area contributed by atoms with Gasteiger partial charge in [0.05, 0.1) is 17.6 Å². The first kappa shape index (κ1) is 12.4. The maximum absolute atomic E-state index is 10.8. The number of nitrogens with zero attached hydrogens (tertiary/aromatic N) is 1. The highest BCUT2D eigenvalue weighted by Gasteiger charge is 2.21. The smallest absolute Gasteiger partial charge is 0.295 e. The van der Waals surface area contributed by atoms with E-state index in [0.717, 1.165) is 0 Å². The Kier molecular flexibility index (Phi) is 3.81. The second-order valence-corrected chi connectivity index (χ2v) is 3.60. The van der Waals surface area contributed by atoms with Crippen molar-refractivity contribution in [2.75, 3.05) is 12.3 Å². The summed E-state index contributed by atoms with van der Waals surface area (Å²) in [5, 5.41) is 28.8. The minimum Gasteiger partial charge on any atom is -0.394 e. The van der Waals surface area contributed by atoms with Gasteiger partial charge in [0.1, 0.15) is 5.69 Å². The van der Waals surface area contributed by atoms with Crippen LogP contribution in [0.1, 0.15) is 11.1 Å². The van der Waals surface area contributed by atoms with Crippen molar-refractivity contribution in [3.63, 3.8) is 0 Å². The van der Waals surface area contributed by atoms with Gasteiger partial charge in [-0.25, -0.2) is 0 Å². The van der Waals surface area contributed by atoms with E-state index in [1.807, 2.05) is 0 Å². The molecule has 0 fully saturated rings. The molecule has 0 aromatic heterocycles. The summed E-state index contributed by atoms with van der Waals surface area (Å²) in [5.41, 5.74) is 6.48. The van der Waals surface area contributed by atoms with Crippen LogP contribution in [0.5, 0.6) is 0 Å². The lowest BCUT2D eigenvalue weighted by atomic mass is 10.0. The van der Waals surface area contributed by atoms with Gasteiger partial charge in [-0.2, -0.15) is 0 Å². The number of aliphatic hydroxyl groups is 2. The predicted molar refractivity (Wildman–Crippen MR) is 59.0 cm³/mol. The van der Waals surface area contributed by atoms with Crippen LogP contribution in [0.4, 0.5) is 11.4 Å². The van der Waals surface area contributed by atoms with Gasteiger partial charge >= 0.3 is 0 Å². The molecule has 1 atom stereocenters. The number of anilines is 1. The van der Waals surface area contributed by atoms with Crippen LogP contribution < -0.4 is 5.73 Å². The molecule has 0 aliphatic carbocycles. The Labute approximate surface area is 92.5 Å². The summed E-state index contributed by atoms with van der Waals surface area (Å²) in [6.45, 7) is 1.24. The minimum atomic E-state index is -1.01. The largest absolute Gasteiger partial charge is 0.394 e. The summed E-state index contributed by atoms with van der Waals surface area (Å²) in [6, 6.07) is 3.20. The number of aliphatic hydroxyl groups excluding tert-OH is 2. The van der Waals surface area contributed by atoms with Gasteiger partial charge in [-0.15, -0.1) is 0 Å². The lowest BCUT2D eigenvalue weighted by Gasteiger charge is -2.10. The number of nitro benzene ring substituents is 1. The highest BCUT2D eigenvalue weighted by Crippen LogP contribution is 2.29. The van der Waals surface area contributed by atoms with Gasteiger partial charge in [0.2, 0.25) is 0 Å². The molecule has 0 radical (unpaired) electrons. The second kappa shape index (κ2) is 4.91. The second-order valence-electron chi connectivity index (χ2n) is 3.60. The van der Waals surface area contributed by atoms with Crippen LogP contribution in [0.15, 0.2) is 12.1 Å². The molecule has 0 saturated heterocycles. The molecule has 6 nitrogen and oxygen atoms in total. The zero-order valence-corrected chi connectivity index (χ0v) is 8.88. The van der Waals surface area contributed by atoms with Gasteiger partial charge in [-0.3, -0.25) is 10.1 Å². The van der Waals surface area contributed by atoms with Gasteiger partial charge in [-0.05, 0) is 12.5 Å². The first-order chi connectivity index (χ1) is 7.47. The number of benzene rings is 1. The van der Waals surface area contributed by atoms with Crippen LogP contribution in [0, 0.1) is 17.0 Å². The number of nitro groups is 1. The molecule has 88 valence electrons. The Morgan fingerprint density at radius 2 is 2.19 bits per heavy atom. The predicted octanol–water partition coefficient (Wildman–Crippen LogP) is 0.381. The van der Waals surface area contributed by atoms with Gasteiger partial charge < -0.3 is 15.9 Å². The fourth-order valence-corrected chi connectivity index (χ4v) is 1.45. The van der Waals surface area contributed by atoms with Crippen molar-refractivity contribution in [3.8, 4) is 0 Å². The fraction of sp³-hybridized carbons (Fsp3) is 0.400. The number of hydrogen-bond donors (Lipinski definition) is 3. The quantitative estimate of drug-likeness (QED) is 0.390. The zero-order valence-electron chi connectivity index (χ0n) is 8.88. The van der Waals surface area contributed by atoms with Gasteiger partial charge in [-0.1, -0.05) is 12.1 Å². The standard InChI is InChI=1S/C10H14N2O4/c1-6-2-3-7(4-8(14)5-13)10(9(6)11)12(15)16/h2-3,8,13-14H,4-5,11H2,1H3. The molecule has 0 bridgehead atoms. The minimum absolute atomic E-state index is 0.0112. The van der Waals surface area contributed by atoms with Crippen LogP contribution in [0.3, 0.4) is 0 Å². The van der Waals surface area contributed by atoms with E-state index in [9.17, 15) is 15.2 Å². The van der Waals surface area contributed by atoms with Crippen LogP contribution in [0.25, 0.3) is 0 Å². The molecule has 1 aromatic carbocycles. The third-order valence-corrected chi connectivity index (χ3v) is 2.37. The molecule has 0 heterocycles. The van der Waals surface area contributed by atoms with E-state index in [-0.39, 0.29) is 17.8 Å². The van der Waals surface area contributed by atoms with Gasteiger partial charge in [0, 0.05) is 12.0 Å². The monoisotopic (exact) mass is 226 g/mol. The number of aryl methyl sites for hydroxylation is 1. The summed E-state index contributed by atoms with van der Waals surface area (Å²) >= 11 is 0. The maximum Gasteiger partial charge on any atom is 0.295 e. The molecular formula is C10H14N2O4. The molecule has 4 N–H and O–H groups in total. The van der Waals surface area contributed by atoms with Crippen LogP contribution in [-0.2, 0) is 6.42 Å². The van der Waals surface area contributed by atoms with Crippen molar-refractivity contribution in [3.05, 3.63) is 33.4 Å². The van der Waals surface area contributed by atoms with Crippen molar-refractivity contribution < 1.29 is 15.1 Å². The summed E-state index contributed by atoms with van der Waals surface area (Å²) in [5.74, 6) is 0. The number of rotatable bonds is 4. The maximum atomic E-state index is 10.8. The molecule has 0 amide bonds. The van der Waals surface area contributed by atoms with Crippen LogP contribution >= 0.6 is 0 Å². The van der Waals surface area contributed by atoms with E-state index in [1.54, 1.807) is 19.1 Å². The van der Waals surface area contributed by atoms with Crippen molar-refractivity contribution in [2.24, 2.45) is 0 Å². The van der Waals surface area contributed by atoms with E-state index >= 15 is 0 Å². The van der Waals surface area contributed by atoms with Crippen LogP contribution in [-0.4, -0.2) is 27.8 Å². The first-order valence-electron chi connectivity index (χ1n) is 4.78. The summed E-state index contributed by atoms with van der Waals surface area (Å²) in [6.07, 6.45) is -1.00. The normalized spacial score (nSPS) is 12.4. The first-order valence-corrected chi connectivity index (χ1v) is 4.78. The van der Waals surface area contributed by atoms with Crippen molar-refractivity contribution >= 4 is 11.4 Å². The van der Waals surface area contributed by atoms with E-state index < -0.39 is 17.6 Å². The topological polar surface area (TPSA) is 110 Å². The third kappa shape index (κ3) is 2.47. The average Bonchev–Trinajstić information content (AvgIpc) is 2.23. The molecule has 0 aliphatic rings. The Morgan fingerprint density at radius 3 is 2.69 bits per heavy atom. The number of hydrogen-bond acceptors (Lipinski definition) is 5. The molecule has 6 heteroatoms. The summed E-state index contributed by atoms with van der Waals surface area (Å²) in [4.78, 5) is 10.3. The SMILES string of the molecule is Cc1ccc(CC(O)CO)c([N+](=O)[O-])c1N. The van der Waals surface area contributed by atoms with E-state index in [4.69, 9.17) is 10.8 Å². The average molecular weight is 226 g/mol. The Bertz CT molecular complexity index is 406. The molecule has 1 aromatic rings. The molecule has 0 spiro atoms. The Hall–Kier alpha value is -1.66. The Balaban J connectivity index is 3.18. The molecular weight excluding hydrogens is 212 g/mol. The lowest BCUT2D eigenvalue weighted by Crippen LogP contribution is -2.16. The summed E-state index contributed by atoms with van der Waals surface area (Å²) in [7, 11) is 0. The molecule has 0 saturated carbocycles. The molecule has 0 aliphatic heterocycles. The highest BCUT2D eigenvalue weighted by molar-refractivity contribution is 5.66. The van der Waals surface area contributed by atoms with E-state index in [1.165, 1.54) is 0 Å².